The summed E-state index contributed by atoms with van der Waals surface area (Å²) in [5.41, 5.74) is 8.77. The van der Waals surface area contributed by atoms with E-state index in [1.807, 2.05) is 36.4 Å². The van der Waals surface area contributed by atoms with E-state index in [0.717, 1.165) is 24.1 Å². The Hall–Kier alpha value is -2.53. The fourth-order valence-corrected chi connectivity index (χ4v) is 2.39. The van der Waals surface area contributed by atoms with E-state index in [-0.39, 0.29) is 18.1 Å². The van der Waals surface area contributed by atoms with E-state index in [1.165, 1.54) is 12.5 Å². The van der Waals surface area contributed by atoms with Gasteiger partial charge in [0.1, 0.15) is 5.78 Å². The van der Waals surface area contributed by atoms with Crippen molar-refractivity contribution in [2.75, 3.05) is 5.32 Å². The van der Waals surface area contributed by atoms with Crippen LogP contribution in [0.15, 0.2) is 48.8 Å². The number of carbonyl (C=O) groups is 2. The number of amides is 1. The van der Waals surface area contributed by atoms with Crippen molar-refractivity contribution < 1.29 is 9.59 Å². The Morgan fingerprint density at radius 1 is 1.12 bits per heavy atom. The highest BCUT2D eigenvalue weighted by Gasteiger charge is 2.12. The molecule has 0 unspecified atom stereocenters. The summed E-state index contributed by atoms with van der Waals surface area (Å²) in [6, 6.07) is 11.2. The molecule has 0 aliphatic carbocycles. The van der Waals surface area contributed by atoms with Gasteiger partial charge in [-0.2, -0.15) is 0 Å². The van der Waals surface area contributed by atoms with Crippen LogP contribution >= 0.6 is 0 Å². The number of nitrogens with two attached hydrogens (primary N) is 1. The molecule has 2 rings (SSSR count). The molecule has 0 saturated carbocycles. The smallest absolute Gasteiger partial charge is 0.224 e. The van der Waals surface area contributed by atoms with Crippen molar-refractivity contribution in [2.45, 2.75) is 38.6 Å². The Morgan fingerprint density at radius 3 is 2.54 bits per heavy atom. The highest BCUT2D eigenvalue weighted by Crippen LogP contribution is 2.18. The second kappa shape index (κ2) is 8.93. The summed E-state index contributed by atoms with van der Waals surface area (Å²) in [5.74, 6) is -0.219. The molecule has 24 heavy (non-hydrogen) atoms. The Kier molecular flexibility index (Phi) is 6.63. The average Bonchev–Trinajstić information content (AvgIpc) is 2.59. The minimum Gasteiger partial charge on any atom is -0.326 e. The van der Waals surface area contributed by atoms with E-state index in [2.05, 4.69) is 10.3 Å². The molecule has 2 aromatic rings. The van der Waals surface area contributed by atoms with Crippen LogP contribution in [0.1, 0.15) is 30.9 Å². The number of nitrogens with one attached hydrogen (secondary N) is 1. The number of anilines is 1. The van der Waals surface area contributed by atoms with E-state index >= 15 is 0 Å². The van der Waals surface area contributed by atoms with Gasteiger partial charge in [0.2, 0.25) is 5.91 Å². The van der Waals surface area contributed by atoms with Gasteiger partial charge in [-0.15, -0.1) is 0 Å². The van der Waals surface area contributed by atoms with Crippen LogP contribution in [0.2, 0.25) is 0 Å². The van der Waals surface area contributed by atoms with Crippen molar-refractivity contribution in [3.8, 4) is 0 Å². The van der Waals surface area contributed by atoms with Crippen molar-refractivity contribution in [3.05, 3.63) is 59.9 Å². The number of para-hydroxylation sites is 1. The zero-order valence-electron chi connectivity index (χ0n) is 13.9. The van der Waals surface area contributed by atoms with Crippen molar-refractivity contribution >= 4 is 17.4 Å². The Balaban J connectivity index is 1.93. The van der Waals surface area contributed by atoms with Crippen LogP contribution in [-0.2, 0) is 22.4 Å². The lowest BCUT2D eigenvalue weighted by molar-refractivity contribution is -0.119. The molecule has 1 amide bonds. The van der Waals surface area contributed by atoms with Gasteiger partial charge in [-0.25, -0.2) is 0 Å². The maximum Gasteiger partial charge on any atom is 0.224 e. The number of aryl methyl sites for hydroxylation is 2. The lowest BCUT2D eigenvalue weighted by Gasteiger charge is -2.12. The average molecular weight is 325 g/mol. The molecule has 1 aromatic heterocycles. The van der Waals surface area contributed by atoms with Crippen LogP contribution in [0.4, 0.5) is 5.69 Å². The number of pyridine rings is 1. The molecule has 1 heterocycles. The van der Waals surface area contributed by atoms with Crippen LogP contribution < -0.4 is 11.1 Å². The number of nitrogens with zero attached hydrogens (tertiary/aromatic N) is 1. The first-order valence-electron chi connectivity index (χ1n) is 8.09. The summed E-state index contributed by atoms with van der Waals surface area (Å²) in [6.07, 6.45) is 5.86. The highest BCUT2D eigenvalue weighted by atomic mass is 16.1. The highest BCUT2D eigenvalue weighted by molar-refractivity contribution is 5.92. The summed E-state index contributed by atoms with van der Waals surface area (Å²) >= 11 is 0. The first kappa shape index (κ1) is 17.8. The van der Waals surface area contributed by atoms with Gasteiger partial charge in [-0.3, -0.25) is 14.6 Å². The number of rotatable bonds is 8. The number of hydrogen-bond donors (Lipinski definition) is 2. The molecule has 1 atom stereocenters. The van der Waals surface area contributed by atoms with Crippen LogP contribution in [-0.4, -0.2) is 22.7 Å². The van der Waals surface area contributed by atoms with Gasteiger partial charge in [-0.05, 0) is 55.5 Å². The summed E-state index contributed by atoms with van der Waals surface area (Å²) in [7, 11) is 0. The molecule has 0 bridgehead atoms. The summed E-state index contributed by atoms with van der Waals surface area (Å²) < 4.78 is 0. The number of aromatic nitrogens is 1. The lowest BCUT2D eigenvalue weighted by Crippen LogP contribution is -2.29. The predicted octanol–water partition coefficient (Wildman–Crippen LogP) is 2.50. The maximum atomic E-state index is 12.1. The topological polar surface area (TPSA) is 85.1 Å². The minimum atomic E-state index is -0.572. The molecule has 1 aromatic carbocycles. The Bertz CT molecular complexity index is 686. The maximum absolute atomic E-state index is 12.1. The molecule has 5 heteroatoms. The first-order valence-corrected chi connectivity index (χ1v) is 8.09. The third kappa shape index (κ3) is 5.59. The van der Waals surface area contributed by atoms with Crippen molar-refractivity contribution in [2.24, 2.45) is 5.73 Å². The number of benzene rings is 1. The number of hydrogen-bond acceptors (Lipinski definition) is 4. The second-order valence-electron chi connectivity index (χ2n) is 5.82. The molecule has 0 spiro atoms. The SMILES string of the molecule is CC(=O)[C@@H](N)CCC(=O)Nc1ccccc1CCc1ccncc1. The molecular formula is C19H23N3O2. The normalized spacial score (nSPS) is 11.8. The molecule has 0 aliphatic rings. The molecular weight excluding hydrogens is 302 g/mol. The molecule has 0 fully saturated rings. The van der Waals surface area contributed by atoms with E-state index in [9.17, 15) is 9.59 Å². The lowest BCUT2D eigenvalue weighted by atomic mass is 10.0. The van der Waals surface area contributed by atoms with E-state index in [1.54, 1.807) is 12.4 Å². The van der Waals surface area contributed by atoms with E-state index < -0.39 is 6.04 Å². The van der Waals surface area contributed by atoms with E-state index in [0.29, 0.717) is 6.42 Å². The zero-order valence-corrected chi connectivity index (χ0v) is 13.9. The van der Waals surface area contributed by atoms with E-state index in [4.69, 9.17) is 5.73 Å². The number of carbonyl (C=O) groups excluding carboxylic acids is 2. The van der Waals surface area contributed by atoms with Gasteiger partial charge >= 0.3 is 0 Å². The van der Waals surface area contributed by atoms with Gasteiger partial charge in [0.15, 0.2) is 0 Å². The summed E-state index contributed by atoms with van der Waals surface area (Å²) in [4.78, 5) is 27.2. The molecule has 0 radical (unpaired) electrons. The van der Waals surface area contributed by atoms with Crippen molar-refractivity contribution in [3.63, 3.8) is 0 Å². The van der Waals surface area contributed by atoms with Crippen LogP contribution in [0.5, 0.6) is 0 Å². The van der Waals surface area contributed by atoms with Gasteiger partial charge in [0.05, 0.1) is 6.04 Å². The van der Waals surface area contributed by atoms with Crippen molar-refractivity contribution in [1.82, 2.24) is 4.98 Å². The standard InChI is InChI=1S/C19H23N3O2/c1-14(23)17(20)8-9-19(24)22-18-5-3-2-4-16(18)7-6-15-10-12-21-13-11-15/h2-5,10-13,17H,6-9,20H2,1H3,(H,22,24)/t17-/m0/s1. The van der Waals surface area contributed by atoms with Crippen LogP contribution in [0.25, 0.3) is 0 Å². The molecule has 3 N–H and O–H groups in total. The predicted molar refractivity (Wildman–Crippen MR) is 94.6 cm³/mol. The Labute approximate surface area is 142 Å². The quantitative estimate of drug-likeness (QED) is 0.781. The fraction of sp³-hybridized carbons (Fsp3) is 0.316. The third-order valence-corrected chi connectivity index (χ3v) is 3.93. The Morgan fingerprint density at radius 2 is 1.83 bits per heavy atom. The summed E-state index contributed by atoms with van der Waals surface area (Å²) in [5, 5.41) is 2.92. The number of ketones is 1. The summed E-state index contributed by atoms with van der Waals surface area (Å²) in [6.45, 7) is 1.44. The fourth-order valence-electron chi connectivity index (χ4n) is 2.39. The van der Waals surface area contributed by atoms with Gasteiger partial charge in [0, 0.05) is 24.5 Å². The third-order valence-electron chi connectivity index (χ3n) is 3.93. The molecule has 0 saturated heterocycles. The van der Waals surface area contributed by atoms with Gasteiger partial charge in [-0.1, -0.05) is 18.2 Å². The molecule has 5 nitrogen and oxygen atoms in total. The van der Waals surface area contributed by atoms with Crippen molar-refractivity contribution in [1.29, 1.82) is 0 Å². The molecule has 126 valence electrons. The van der Waals surface area contributed by atoms with Gasteiger partial charge < -0.3 is 11.1 Å². The van der Waals surface area contributed by atoms with Gasteiger partial charge in [0.25, 0.3) is 0 Å². The van der Waals surface area contributed by atoms with Crippen LogP contribution in [0, 0.1) is 0 Å². The minimum absolute atomic E-state index is 0.0967. The molecule has 0 aliphatic heterocycles. The van der Waals surface area contributed by atoms with Crippen LogP contribution in [0.3, 0.4) is 0 Å². The first-order chi connectivity index (χ1) is 11.6. The zero-order chi connectivity index (χ0) is 17.4. The largest absolute Gasteiger partial charge is 0.326 e. The number of Topliss-reactive ketones (excluding diaryl/α,β-unsaturated/α-hetero) is 1. The monoisotopic (exact) mass is 325 g/mol. The second-order valence-corrected chi connectivity index (χ2v) is 5.82.